The highest BCUT2D eigenvalue weighted by atomic mass is 35.5. The van der Waals surface area contributed by atoms with Gasteiger partial charge in [0.25, 0.3) is 0 Å². The maximum Gasteiger partial charge on any atom is 0.155 e. The van der Waals surface area contributed by atoms with Crippen molar-refractivity contribution in [3.05, 3.63) is 82.0 Å². The van der Waals surface area contributed by atoms with E-state index >= 15 is 0 Å². The molecular weight excluding hydrogens is 303 g/mol. The monoisotopic (exact) mass is 314 g/mol. The van der Waals surface area contributed by atoms with E-state index in [0.717, 1.165) is 27.4 Å². The molecule has 1 heterocycles. The van der Waals surface area contributed by atoms with Crippen LogP contribution >= 0.6 is 23.2 Å². The number of nitrogens with zero attached hydrogens (tertiary/aromatic N) is 2. The first kappa shape index (κ1) is 14.1. The fraction of sp³-hybridized carbons (Fsp3) is 0.0588. The lowest BCUT2D eigenvalue weighted by atomic mass is 10.0. The van der Waals surface area contributed by atoms with Crippen molar-refractivity contribution in [1.29, 1.82) is 0 Å². The van der Waals surface area contributed by atoms with Crippen LogP contribution in [0.3, 0.4) is 0 Å². The van der Waals surface area contributed by atoms with Gasteiger partial charge in [0.05, 0.1) is 5.69 Å². The summed E-state index contributed by atoms with van der Waals surface area (Å²) in [6, 6.07) is 19.6. The van der Waals surface area contributed by atoms with Crippen molar-refractivity contribution < 1.29 is 0 Å². The number of aromatic nitrogens is 2. The van der Waals surface area contributed by atoms with Crippen molar-refractivity contribution in [2.45, 2.75) is 6.42 Å². The van der Waals surface area contributed by atoms with Gasteiger partial charge in [-0.05, 0) is 29.3 Å². The molecule has 21 heavy (non-hydrogen) atoms. The van der Waals surface area contributed by atoms with Gasteiger partial charge in [-0.3, -0.25) is 0 Å². The lowest BCUT2D eigenvalue weighted by Gasteiger charge is -2.06. The van der Waals surface area contributed by atoms with Crippen LogP contribution in [0.1, 0.15) is 11.1 Å². The minimum atomic E-state index is 0.435. The van der Waals surface area contributed by atoms with Crippen molar-refractivity contribution in [3.8, 4) is 11.3 Å². The molecule has 0 atom stereocenters. The minimum absolute atomic E-state index is 0.435. The Morgan fingerprint density at radius 1 is 0.810 bits per heavy atom. The highest BCUT2D eigenvalue weighted by Crippen LogP contribution is 2.23. The maximum atomic E-state index is 6.17. The molecule has 2 nitrogen and oxygen atoms in total. The molecule has 3 rings (SSSR count). The first-order valence-corrected chi connectivity index (χ1v) is 7.30. The van der Waals surface area contributed by atoms with Gasteiger partial charge >= 0.3 is 0 Å². The predicted octanol–water partition coefficient (Wildman–Crippen LogP) is 5.04. The molecule has 0 aliphatic heterocycles. The Morgan fingerprint density at radius 3 is 2.24 bits per heavy atom. The van der Waals surface area contributed by atoms with Gasteiger partial charge in [0.2, 0.25) is 0 Å². The molecule has 4 heteroatoms. The van der Waals surface area contributed by atoms with Crippen LogP contribution in [0.4, 0.5) is 0 Å². The van der Waals surface area contributed by atoms with E-state index in [1.54, 1.807) is 0 Å². The summed E-state index contributed by atoms with van der Waals surface area (Å²) in [5.41, 5.74) is 3.93. The van der Waals surface area contributed by atoms with E-state index in [-0.39, 0.29) is 0 Å². The average Bonchev–Trinajstić information content (AvgIpc) is 2.52. The Bertz CT molecular complexity index is 740. The fourth-order valence-corrected chi connectivity index (χ4v) is 2.40. The zero-order chi connectivity index (χ0) is 14.7. The summed E-state index contributed by atoms with van der Waals surface area (Å²) in [5.74, 6) is 0. The largest absolute Gasteiger partial charge is 0.155 e. The standard InChI is InChI=1S/C17H12Cl2N2/c18-15-8-6-12(7-9-15)10-14-11-16(20-21-17(14)19)13-4-2-1-3-5-13/h1-9,11H,10H2. The number of hydrogen-bond donors (Lipinski definition) is 0. The summed E-state index contributed by atoms with van der Waals surface area (Å²) in [7, 11) is 0. The summed E-state index contributed by atoms with van der Waals surface area (Å²) in [4.78, 5) is 0. The van der Waals surface area contributed by atoms with Crippen LogP contribution in [0.5, 0.6) is 0 Å². The van der Waals surface area contributed by atoms with Crippen LogP contribution in [0, 0.1) is 0 Å². The molecule has 0 unspecified atom stereocenters. The Kier molecular flexibility index (Phi) is 4.18. The molecule has 1 aromatic heterocycles. The van der Waals surface area contributed by atoms with Crippen molar-refractivity contribution in [1.82, 2.24) is 10.2 Å². The Morgan fingerprint density at radius 2 is 1.52 bits per heavy atom. The maximum absolute atomic E-state index is 6.17. The zero-order valence-electron chi connectivity index (χ0n) is 11.1. The molecule has 0 aliphatic carbocycles. The fourth-order valence-electron chi connectivity index (χ4n) is 2.11. The van der Waals surface area contributed by atoms with Crippen LogP contribution in [0.2, 0.25) is 10.2 Å². The highest BCUT2D eigenvalue weighted by Gasteiger charge is 2.08. The molecule has 0 aliphatic rings. The minimum Gasteiger partial charge on any atom is -0.149 e. The van der Waals surface area contributed by atoms with E-state index in [2.05, 4.69) is 10.2 Å². The van der Waals surface area contributed by atoms with Crippen molar-refractivity contribution in [2.24, 2.45) is 0 Å². The summed E-state index contributed by atoms with van der Waals surface area (Å²) in [6.45, 7) is 0. The first-order valence-electron chi connectivity index (χ1n) is 6.54. The van der Waals surface area contributed by atoms with Crippen molar-refractivity contribution in [2.75, 3.05) is 0 Å². The molecule has 2 aromatic carbocycles. The van der Waals surface area contributed by atoms with E-state index in [1.807, 2.05) is 60.7 Å². The molecule has 0 N–H and O–H groups in total. The molecule has 3 aromatic rings. The number of hydrogen-bond acceptors (Lipinski definition) is 2. The second-order valence-corrected chi connectivity index (χ2v) is 5.51. The van der Waals surface area contributed by atoms with Gasteiger partial charge in [0, 0.05) is 17.0 Å². The second kappa shape index (κ2) is 6.25. The van der Waals surface area contributed by atoms with E-state index in [0.29, 0.717) is 11.6 Å². The number of rotatable bonds is 3. The molecule has 0 spiro atoms. The third-order valence-electron chi connectivity index (χ3n) is 3.20. The van der Waals surface area contributed by atoms with Crippen molar-refractivity contribution >= 4 is 23.2 Å². The normalized spacial score (nSPS) is 10.6. The molecule has 0 fully saturated rings. The van der Waals surface area contributed by atoms with Gasteiger partial charge in [-0.1, -0.05) is 65.7 Å². The van der Waals surface area contributed by atoms with Gasteiger partial charge < -0.3 is 0 Å². The average molecular weight is 315 g/mol. The molecule has 0 bridgehead atoms. The Hall–Kier alpha value is -1.90. The summed E-state index contributed by atoms with van der Waals surface area (Å²) in [6.07, 6.45) is 0.700. The quantitative estimate of drug-likeness (QED) is 0.676. The third kappa shape index (κ3) is 3.41. The summed E-state index contributed by atoms with van der Waals surface area (Å²) in [5, 5.41) is 9.38. The van der Waals surface area contributed by atoms with E-state index < -0.39 is 0 Å². The number of benzene rings is 2. The van der Waals surface area contributed by atoms with E-state index in [9.17, 15) is 0 Å². The molecule has 0 amide bonds. The molecule has 104 valence electrons. The Labute approximate surface area is 133 Å². The van der Waals surface area contributed by atoms with Gasteiger partial charge in [-0.2, -0.15) is 0 Å². The second-order valence-electron chi connectivity index (χ2n) is 4.71. The van der Waals surface area contributed by atoms with E-state index in [4.69, 9.17) is 23.2 Å². The highest BCUT2D eigenvalue weighted by molar-refractivity contribution is 6.30. The summed E-state index contributed by atoms with van der Waals surface area (Å²) >= 11 is 12.1. The van der Waals surface area contributed by atoms with Gasteiger partial charge in [0.1, 0.15) is 0 Å². The zero-order valence-corrected chi connectivity index (χ0v) is 12.6. The van der Waals surface area contributed by atoms with Crippen molar-refractivity contribution in [3.63, 3.8) is 0 Å². The number of halogens is 2. The van der Waals surface area contributed by atoms with E-state index in [1.165, 1.54) is 0 Å². The molecular formula is C17H12Cl2N2. The van der Waals surface area contributed by atoms with Gasteiger partial charge in [-0.15, -0.1) is 10.2 Å². The molecule has 0 saturated heterocycles. The van der Waals surface area contributed by atoms with Gasteiger partial charge in [0.15, 0.2) is 5.15 Å². The summed E-state index contributed by atoms with van der Waals surface area (Å²) < 4.78 is 0. The van der Waals surface area contributed by atoms with Crippen LogP contribution < -0.4 is 0 Å². The lowest BCUT2D eigenvalue weighted by molar-refractivity contribution is 1.00. The smallest absolute Gasteiger partial charge is 0.149 e. The topological polar surface area (TPSA) is 25.8 Å². The Balaban J connectivity index is 1.93. The first-order chi connectivity index (χ1) is 10.2. The van der Waals surface area contributed by atoms with Crippen LogP contribution in [-0.4, -0.2) is 10.2 Å². The van der Waals surface area contributed by atoms with Crippen LogP contribution in [0.25, 0.3) is 11.3 Å². The van der Waals surface area contributed by atoms with Gasteiger partial charge in [-0.25, -0.2) is 0 Å². The molecule has 0 radical (unpaired) electrons. The predicted molar refractivity (Wildman–Crippen MR) is 86.7 cm³/mol. The van der Waals surface area contributed by atoms with Crippen LogP contribution in [-0.2, 0) is 6.42 Å². The SMILES string of the molecule is Clc1ccc(Cc2cc(-c3ccccc3)nnc2Cl)cc1. The van der Waals surface area contributed by atoms with Crippen LogP contribution in [0.15, 0.2) is 60.7 Å². The third-order valence-corrected chi connectivity index (χ3v) is 3.77. The molecule has 0 saturated carbocycles. The lowest BCUT2D eigenvalue weighted by Crippen LogP contribution is -1.96.